The van der Waals surface area contributed by atoms with Gasteiger partial charge in [-0.25, -0.2) is 5.43 Å². The lowest BCUT2D eigenvalue weighted by atomic mass is 10.1. The van der Waals surface area contributed by atoms with E-state index in [4.69, 9.17) is 0 Å². The average Bonchev–Trinajstić information content (AvgIpc) is 3.17. The summed E-state index contributed by atoms with van der Waals surface area (Å²) in [5, 5.41) is 15.3. The lowest BCUT2D eigenvalue weighted by molar-refractivity contribution is -0.384. The molecular weight excluding hydrogens is 332 g/mol. The summed E-state index contributed by atoms with van der Waals surface area (Å²) in [5.74, 6) is -0.240. The zero-order valence-electron chi connectivity index (χ0n) is 14.3. The minimum atomic E-state index is -0.376. The van der Waals surface area contributed by atoms with Crippen LogP contribution in [0, 0.1) is 10.1 Å². The molecule has 1 saturated heterocycles. The molecule has 7 heteroatoms. The van der Waals surface area contributed by atoms with Crippen molar-refractivity contribution >= 4 is 23.5 Å². The van der Waals surface area contributed by atoms with E-state index in [2.05, 4.69) is 10.5 Å². The molecule has 0 saturated carbocycles. The van der Waals surface area contributed by atoms with Gasteiger partial charge in [0.1, 0.15) is 5.69 Å². The summed E-state index contributed by atoms with van der Waals surface area (Å²) >= 11 is 0. The Balaban J connectivity index is 1.65. The molecule has 0 bridgehead atoms. The normalized spacial score (nSPS) is 13.9. The molecule has 7 nitrogen and oxygen atoms in total. The Morgan fingerprint density at radius 1 is 1.19 bits per heavy atom. The fraction of sp³-hybridized carbons (Fsp3) is 0.263. The molecule has 0 radical (unpaired) electrons. The van der Waals surface area contributed by atoms with Gasteiger partial charge in [-0.05, 0) is 24.5 Å². The first-order valence-electron chi connectivity index (χ1n) is 8.53. The summed E-state index contributed by atoms with van der Waals surface area (Å²) in [6.07, 6.45) is 3.75. The molecule has 26 heavy (non-hydrogen) atoms. The van der Waals surface area contributed by atoms with Crippen LogP contribution in [0.4, 0.5) is 11.4 Å². The molecule has 0 aliphatic carbocycles. The molecule has 2 aromatic rings. The maximum atomic E-state index is 11.9. The number of hydrazone groups is 1. The maximum absolute atomic E-state index is 11.9. The van der Waals surface area contributed by atoms with E-state index in [0.717, 1.165) is 31.5 Å². The Labute approximate surface area is 151 Å². The van der Waals surface area contributed by atoms with Gasteiger partial charge in [0, 0.05) is 24.7 Å². The van der Waals surface area contributed by atoms with Gasteiger partial charge in [-0.2, -0.15) is 5.10 Å². The molecule has 2 aromatic carbocycles. The van der Waals surface area contributed by atoms with Crippen molar-refractivity contribution in [1.82, 2.24) is 5.43 Å². The van der Waals surface area contributed by atoms with Crippen LogP contribution in [0.15, 0.2) is 53.6 Å². The predicted octanol–water partition coefficient (Wildman–Crippen LogP) is 2.89. The monoisotopic (exact) mass is 352 g/mol. The molecule has 134 valence electrons. The highest BCUT2D eigenvalue weighted by atomic mass is 16.6. The van der Waals surface area contributed by atoms with Crippen LogP contribution in [-0.2, 0) is 11.2 Å². The predicted molar refractivity (Wildman–Crippen MR) is 100 cm³/mol. The van der Waals surface area contributed by atoms with Crippen molar-refractivity contribution in [1.29, 1.82) is 0 Å². The number of hydrogen-bond acceptors (Lipinski definition) is 5. The van der Waals surface area contributed by atoms with Gasteiger partial charge in [-0.3, -0.25) is 14.9 Å². The third kappa shape index (κ3) is 4.44. The van der Waals surface area contributed by atoms with Crippen LogP contribution in [0.2, 0.25) is 0 Å². The van der Waals surface area contributed by atoms with Crippen molar-refractivity contribution < 1.29 is 9.72 Å². The van der Waals surface area contributed by atoms with Crippen LogP contribution in [0.5, 0.6) is 0 Å². The summed E-state index contributed by atoms with van der Waals surface area (Å²) in [5.41, 5.74) is 4.61. The van der Waals surface area contributed by atoms with Gasteiger partial charge in [0.2, 0.25) is 5.91 Å². The largest absolute Gasteiger partial charge is 0.366 e. The number of nitrogens with zero attached hydrogens (tertiary/aromatic N) is 3. The Bertz CT molecular complexity index is 815. The number of anilines is 1. The number of benzene rings is 2. The first-order chi connectivity index (χ1) is 12.6. The van der Waals surface area contributed by atoms with Gasteiger partial charge in [-0.15, -0.1) is 0 Å². The van der Waals surface area contributed by atoms with Gasteiger partial charge in [0.05, 0.1) is 17.6 Å². The molecule has 3 rings (SSSR count). The number of nitro groups is 1. The number of amides is 1. The Morgan fingerprint density at radius 3 is 2.62 bits per heavy atom. The molecule has 1 fully saturated rings. The maximum Gasteiger partial charge on any atom is 0.293 e. The van der Waals surface area contributed by atoms with E-state index in [9.17, 15) is 14.9 Å². The van der Waals surface area contributed by atoms with Gasteiger partial charge >= 0.3 is 0 Å². The molecule has 1 N–H and O–H groups in total. The second kappa shape index (κ2) is 8.24. The summed E-state index contributed by atoms with van der Waals surface area (Å²) in [6.45, 7) is 1.67. The minimum Gasteiger partial charge on any atom is -0.366 e. The number of nitro benzene ring substituents is 1. The molecular formula is C19H20N4O3. The van der Waals surface area contributed by atoms with E-state index in [-0.39, 0.29) is 22.9 Å². The number of carbonyl (C=O) groups is 1. The second-order valence-electron chi connectivity index (χ2n) is 6.15. The fourth-order valence-corrected chi connectivity index (χ4v) is 2.99. The van der Waals surface area contributed by atoms with E-state index >= 15 is 0 Å². The molecule has 0 spiro atoms. The first-order valence-corrected chi connectivity index (χ1v) is 8.53. The quantitative estimate of drug-likeness (QED) is 0.492. The van der Waals surface area contributed by atoms with Crippen molar-refractivity contribution in [3.63, 3.8) is 0 Å². The van der Waals surface area contributed by atoms with E-state index in [1.165, 1.54) is 12.3 Å². The molecule has 0 atom stereocenters. The number of carbonyl (C=O) groups excluding carboxylic acids is 1. The van der Waals surface area contributed by atoms with Crippen LogP contribution in [0.3, 0.4) is 0 Å². The van der Waals surface area contributed by atoms with Gasteiger partial charge in [-0.1, -0.05) is 36.4 Å². The fourth-order valence-electron chi connectivity index (χ4n) is 2.99. The highest BCUT2D eigenvalue weighted by Gasteiger charge is 2.22. The first kappa shape index (κ1) is 17.6. The van der Waals surface area contributed by atoms with Gasteiger partial charge < -0.3 is 4.90 Å². The van der Waals surface area contributed by atoms with Crippen molar-refractivity contribution in [2.75, 3.05) is 18.0 Å². The minimum absolute atomic E-state index is 0.0615. The highest BCUT2D eigenvalue weighted by Crippen LogP contribution is 2.31. The van der Waals surface area contributed by atoms with Crippen LogP contribution in [-0.4, -0.2) is 30.1 Å². The van der Waals surface area contributed by atoms with Crippen LogP contribution in [0.25, 0.3) is 0 Å². The lowest BCUT2D eigenvalue weighted by Crippen LogP contribution is -2.20. The van der Waals surface area contributed by atoms with E-state index in [1.807, 2.05) is 35.2 Å². The van der Waals surface area contributed by atoms with E-state index in [0.29, 0.717) is 11.3 Å². The van der Waals surface area contributed by atoms with Gasteiger partial charge in [0.15, 0.2) is 0 Å². The number of rotatable bonds is 6. The summed E-state index contributed by atoms with van der Waals surface area (Å²) in [7, 11) is 0. The number of nitrogens with one attached hydrogen (secondary N) is 1. The van der Waals surface area contributed by atoms with Crippen molar-refractivity contribution in [3.05, 3.63) is 69.8 Å². The van der Waals surface area contributed by atoms with Crippen LogP contribution < -0.4 is 10.3 Å². The van der Waals surface area contributed by atoms with E-state index in [1.54, 1.807) is 12.1 Å². The zero-order chi connectivity index (χ0) is 18.4. The smallest absolute Gasteiger partial charge is 0.293 e. The standard InChI is InChI=1S/C19H20N4O3/c24-19(13-15-6-2-1-3-7-15)21-20-14-16-8-9-17(18(12-16)23(25)26)22-10-4-5-11-22/h1-3,6-9,12,14H,4-5,10-11,13H2,(H,21,24)/b20-14+. The molecule has 1 amide bonds. The summed E-state index contributed by atoms with van der Waals surface area (Å²) < 4.78 is 0. The van der Waals surface area contributed by atoms with Crippen molar-refractivity contribution in [3.8, 4) is 0 Å². The van der Waals surface area contributed by atoms with Crippen LogP contribution >= 0.6 is 0 Å². The Hall–Kier alpha value is -3.22. The van der Waals surface area contributed by atoms with Crippen molar-refractivity contribution in [2.45, 2.75) is 19.3 Å². The summed E-state index contributed by atoms with van der Waals surface area (Å²) in [6, 6.07) is 14.4. The molecule has 0 unspecified atom stereocenters. The topological polar surface area (TPSA) is 87.8 Å². The molecule has 1 aliphatic rings. The Morgan fingerprint density at radius 2 is 1.92 bits per heavy atom. The molecule has 0 aromatic heterocycles. The molecule has 1 heterocycles. The highest BCUT2D eigenvalue weighted by molar-refractivity contribution is 5.85. The zero-order valence-corrected chi connectivity index (χ0v) is 14.3. The number of hydrogen-bond donors (Lipinski definition) is 1. The third-order valence-corrected chi connectivity index (χ3v) is 4.25. The average molecular weight is 352 g/mol. The van der Waals surface area contributed by atoms with Gasteiger partial charge in [0.25, 0.3) is 5.69 Å². The third-order valence-electron chi connectivity index (χ3n) is 4.25. The lowest BCUT2D eigenvalue weighted by Gasteiger charge is -2.17. The summed E-state index contributed by atoms with van der Waals surface area (Å²) in [4.78, 5) is 24.9. The second-order valence-corrected chi connectivity index (χ2v) is 6.15. The van der Waals surface area contributed by atoms with Crippen molar-refractivity contribution in [2.24, 2.45) is 5.10 Å². The SMILES string of the molecule is O=C(Cc1ccccc1)N/N=C/c1ccc(N2CCCC2)c([N+](=O)[O-])c1. The van der Waals surface area contributed by atoms with Crippen LogP contribution in [0.1, 0.15) is 24.0 Å². The Kier molecular flexibility index (Phi) is 5.58. The van der Waals surface area contributed by atoms with E-state index < -0.39 is 0 Å². The molecule has 1 aliphatic heterocycles.